The summed E-state index contributed by atoms with van der Waals surface area (Å²) in [5, 5.41) is 19.1. The van der Waals surface area contributed by atoms with E-state index >= 15 is 0 Å². The molecule has 2 amide bonds. The zero-order valence-electron chi connectivity index (χ0n) is 31.0. The number of H-pyrrole nitrogens is 3. The average Bonchev–Trinajstić information content (AvgIpc) is 3.92. The van der Waals surface area contributed by atoms with Crippen LogP contribution in [0.5, 0.6) is 0 Å². The second kappa shape index (κ2) is 14.7. The van der Waals surface area contributed by atoms with Crippen molar-refractivity contribution in [2.45, 2.75) is 90.4 Å². The van der Waals surface area contributed by atoms with Crippen molar-refractivity contribution >= 4 is 44.7 Å². The fourth-order valence-electron chi connectivity index (χ4n) is 7.06. The first-order chi connectivity index (χ1) is 25.4. The molecule has 3 aromatic carbocycles. The zero-order valence-corrected chi connectivity index (χ0v) is 31.0. The van der Waals surface area contributed by atoms with Crippen molar-refractivity contribution in [3.63, 3.8) is 0 Å². The van der Waals surface area contributed by atoms with E-state index in [4.69, 9.17) is 14.9 Å². The van der Waals surface area contributed by atoms with Gasteiger partial charge < -0.3 is 34.9 Å². The van der Waals surface area contributed by atoms with Crippen LogP contribution in [0.1, 0.15) is 75.4 Å². The Morgan fingerprint density at radius 1 is 0.717 bits per heavy atom. The Morgan fingerprint density at radius 3 is 1.83 bits per heavy atom. The highest BCUT2D eigenvalue weighted by molar-refractivity contribution is 5.90. The lowest BCUT2D eigenvalue weighted by Crippen LogP contribution is -2.56. The Labute approximate surface area is 308 Å². The number of nitrogens with one attached hydrogen (secondary N) is 5. The fourth-order valence-corrected chi connectivity index (χ4v) is 7.06. The lowest BCUT2D eigenvalue weighted by molar-refractivity contribution is -0.127. The molecule has 0 spiro atoms. The van der Waals surface area contributed by atoms with Crippen molar-refractivity contribution in [3.05, 3.63) is 120 Å². The summed E-state index contributed by atoms with van der Waals surface area (Å²) in [5.74, 6) is 1.17. The maximum absolute atomic E-state index is 14.1. The SMILES string of the molecule is CC(C)(C)OC(=O)NC(C)(C)C(=O)N[C@H](Cc1c[nH]c2ccccc12)c1nnc(CCCc2c[nH]c3ccccc23)n1CCc1c[nH]c2ccccc12. The molecule has 4 heterocycles. The number of para-hydroxylation sites is 3. The summed E-state index contributed by atoms with van der Waals surface area (Å²) >= 11 is 0. The Bertz CT molecular complexity index is 2370. The summed E-state index contributed by atoms with van der Waals surface area (Å²) in [4.78, 5) is 37.1. The van der Waals surface area contributed by atoms with Crippen LogP contribution in [0.25, 0.3) is 32.7 Å². The first-order valence-corrected chi connectivity index (χ1v) is 18.3. The summed E-state index contributed by atoms with van der Waals surface area (Å²) in [5.41, 5.74) is 4.76. The van der Waals surface area contributed by atoms with E-state index in [2.05, 4.69) is 85.0 Å². The van der Waals surface area contributed by atoms with Gasteiger partial charge in [-0.25, -0.2) is 4.79 Å². The molecule has 0 saturated heterocycles. The van der Waals surface area contributed by atoms with Crippen LogP contribution >= 0.6 is 0 Å². The van der Waals surface area contributed by atoms with Gasteiger partial charge >= 0.3 is 6.09 Å². The van der Waals surface area contributed by atoms with Crippen LogP contribution in [0, 0.1) is 0 Å². The fraction of sp³-hybridized carbons (Fsp3) is 0.333. The lowest BCUT2D eigenvalue weighted by Gasteiger charge is -2.29. The molecule has 0 saturated carbocycles. The number of aryl methyl sites for hydroxylation is 3. The number of carbonyl (C=O) groups is 2. The summed E-state index contributed by atoms with van der Waals surface area (Å²) < 4.78 is 7.68. The maximum Gasteiger partial charge on any atom is 0.408 e. The van der Waals surface area contributed by atoms with Gasteiger partial charge in [0.15, 0.2) is 5.82 Å². The van der Waals surface area contributed by atoms with Gasteiger partial charge in [0.1, 0.15) is 17.0 Å². The van der Waals surface area contributed by atoms with E-state index in [-0.39, 0.29) is 5.91 Å². The number of alkyl carbamates (subject to hydrolysis) is 1. The lowest BCUT2D eigenvalue weighted by atomic mass is 10.0. The minimum Gasteiger partial charge on any atom is -0.444 e. The predicted octanol–water partition coefficient (Wildman–Crippen LogP) is 7.84. The Balaban J connectivity index is 1.21. The van der Waals surface area contributed by atoms with Gasteiger partial charge in [-0.2, -0.15) is 0 Å². The standard InChI is InChI=1S/C42H48N8O3/c1-41(2,3)53-40(52)47-42(4,5)39(51)46-36(23-29-26-45-35-19-11-8-16-32(29)35)38-49-48-37(20-12-13-27-24-43-33-17-9-6-14-30(27)33)50(38)22-21-28-25-44-34-18-10-7-15-31(28)34/h6-11,14-19,24-26,36,43-45H,12-13,20-23H2,1-5H3,(H,46,51)(H,47,52)/t36-/m1/s1. The van der Waals surface area contributed by atoms with Gasteiger partial charge in [0, 0.05) is 70.7 Å². The highest BCUT2D eigenvalue weighted by atomic mass is 16.6. The molecule has 7 aromatic rings. The number of aromatic nitrogens is 6. The first-order valence-electron chi connectivity index (χ1n) is 18.3. The predicted molar refractivity (Wildman–Crippen MR) is 209 cm³/mol. The molecule has 0 radical (unpaired) electrons. The number of carbonyl (C=O) groups excluding carboxylic acids is 2. The van der Waals surface area contributed by atoms with Gasteiger partial charge in [0.05, 0.1) is 6.04 Å². The van der Waals surface area contributed by atoms with E-state index < -0.39 is 23.3 Å². The molecule has 11 heteroatoms. The van der Waals surface area contributed by atoms with Crippen LogP contribution in [0.4, 0.5) is 4.79 Å². The molecular weight excluding hydrogens is 665 g/mol. The van der Waals surface area contributed by atoms with E-state index in [1.807, 2.05) is 36.5 Å². The Morgan fingerprint density at radius 2 is 1.25 bits per heavy atom. The van der Waals surface area contributed by atoms with E-state index in [1.165, 1.54) is 21.9 Å². The molecule has 0 aliphatic rings. The van der Waals surface area contributed by atoms with Gasteiger partial charge in [-0.15, -0.1) is 10.2 Å². The third-order valence-electron chi connectivity index (χ3n) is 9.75. The molecule has 5 N–H and O–H groups in total. The quantitative estimate of drug-likeness (QED) is 0.0827. The van der Waals surface area contributed by atoms with Crippen LogP contribution in [0.3, 0.4) is 0 Å². The number of aromatic amines is 3. The van der Waals surface area contributed by atoms with Crippen LogP contribution < -0.4 is 10.6 Å². The number of fused-ring (bicyclic) bond motifs is 3. The molecule has 4 aromatic heterocycles. The first kappa shape index (κ1) is 35.6. The number of amides is 2. The van der Waals surface area contributed by atoms with E-state index in [9.17, 15) is 9.59 Å². The van der Waals surface area contributed by atoms with Crippen molar-refractivity contribution in [2.24, 2.45) is 0 Å². The Kier molecular flexibility index (Phi) is 9.83. The minimum atomic E-state index is -1.28. The molecule has 0 bridgehead atoms. The maximum atomic E-state index is 14.1. The van der Waals surface area contributed by atoms with Gasteiger partial charge in [-0.1, -0.05) is 54.6 Å². The molecule has 11 nitrogen and oxygen atoms in total. The van der Waals surface area contributed by atoms with Crippen molar-refractivity contribution < 1.29 is 14.3 Å². The van der Waals surface area contributed by atoms with E-state index in [1.54, 1.807) is 34.6 Å². The van der Waals surface area contributed by atoms with Gasteiger partial charge in [-0.3, -0.25) is 4.79 Å². The van der Waals surface area contributed by atoms with Crippen molar-refractivity contribution in [1.82, 2.24) is 40.3 Å². The largest absolute Gasteiger partial charge is 0.444 e. The molecular formula is C42H48N8O3. The number of hydrogen-bond acceptors (Lipinski definition) is 5. The zero-order chi connectivity index (χ0) is 37.2. The average molecular weight is 713 g/mol. The number of benzene rings is 3. The van der Waals surface area contributed by atoms with E-state index in [0.717, 1.165) is 52.6 Å². The van der Waals surface area contributed by atoms with Crippen molar-refractivity contribution in [1.29, 1.82) is 0 Å². The van der Waals surface area contributed by atoms with Crippen LogP contribution in [-0.2, 0) is 41.8 Å². The number of rotatable bonds is 13. The van der Waals surface area contributed by atoms with Crippen molar-refractivity contribution in [3.8, 4) is 0 Å². The second-order valence-corrected chi connectivity index (χ2v) is 15.3. The third-order valence-corrected chi connectivity index (χ3v) is 9.75. The van der Waals surface area contributed by atoms with Crippen LogP contribution in [0.15, 0.2) is 91.4 Å². The summed E-state index contributed by atoms with van der Waals surface area (Å²) in [6, 6.07) is 24.2. The monoisotopic (exact) mass is 712 g/mol. The summed E-state index contributed by atoms with van der Waals surface area (Å²) in [6.45, 7) is 9.33. The number of ether oxygens (including phenoxy) is 1. The van der Waals surface area contributed by atoms with E-state index in [0.29, 0.717) is 25.2 Å². The molecule has 0 aliphatic heterocycles. The molecule has 0 fully saturated rings. The third kappa shape index (κ3) is 7.99. The Hall–Kier alpha value is -5.84. The number of hydrogen-bond donors (Lipinski definition) is 5. The molecule has 7 rings (SSSR count). The van der Waals surface area contributed by atoms with Gasteiger partial charge in [-0.05, 0) is 88.8 Å². The van der Waals surface area contributed by atoms with Crippen molar-refractivity contribution in [2.75, 3.05) is 0 Å². The van der Waals surface area contributed by atoms with Crippen LogP contribution in [-0.4, -0.2) is 52.9 Å². The highest BCUT2D eigenvalue weighted by Crippen LogP contribution is 2.27. The van der Waals surface area contributed by atoms with Crippen LogP contribution in [0.2, 0.25) is 0 Å². The smallest absolute Gasteiger partial charge is 0.408 e. The highest BCUT2D eigenvalue weighted by Gasteiger charge is 2.35. The summed E-state index contributed by atoms with van der Waals surface area (Å²) in [6.07, 6.45) is 9.16. The molecule has 274 valence electrons. The molecule has 53 heavy (non-hydrogen) atoms. The van der Waals surface area contributed by atoms with Gasteiger partial charge in [0.2, 0.25) is 5.91 Å². The molecule has 1 atom stereocenters. The normalized spacial score (nSPS) is 12.8. The number of nitrogens with zero attached hydrogens (tertiary/aromatic N) is 3. The topological polar surface area (TPSA) is 146 Å². The minimum absolute atomic E-state index is 0.361. The molecule has 0 unspecified atom stereocenters. The van der Waals surface area contributed by atoms with Gasteiger partial charge in [0.25, 0.3) is 0 Å². The summed E-state index contributed by atoms with van der Waals surface area (Å²) in [7, 11) is 0. The second-order valence-electron chi connectivity index (χ2n) is 15.3. The molecule has 0 aliphatic carbocycles.